The van der Waals surface area contributed by atoms with E-state index in [4.69, 9.17) is 10.5 Å². The Bertz CT molecular complexity index is 646. The molecule has 2 nitrogen and oxygen atoms in total. The highest BCUT2D eigenvalue weighted by Gasteiger charge is 2.27. The maximum absolute atomic E-state index is 13.9. The molecule has 0 aliphatic carbocycles. The molecule has 1 heterocycles. The maximum Gasteiger partial charge on any atom is 0.126 e. The topological polar surface area (TPSA) is 35.2 Å². The van der Waals surface area contributed by atoms with Gasteiger partial charge in [-0.2, -0.15) is 0 Å². The summed E-state index contributed by atoms with van der Waals surface area (Å²) in [6, 6.07) is 12.8. The molecule has 0 amide bonds. The van der Waals surface area contributed by atoms with Crippen molar-refractivity contribution in [3.8, 4) is 0 Å². The zero-order chi connectivity index (χ0) is 14.8. The highest BCUT2D eigenvalue weighted by atomic mass is 79.9. The summed E-state index contributed by atoms with van der Waals surface area (Å²) in [6.07, 6.45) is 1.18. The summed E-state index contributed by atoms with van der Waals surface area (Å²) in [5, 5.41) is 0. The van der Waals surface area contributed by atoms with Gasteiger partial charge in [0.05, 0.1) is 12.7 Å². The van der Waals surface area contributed by atoms with E-state index in [0.29, 0.717) is 18.6 Å². The van der Waals surface area contributed by atoms with E-state index < -0.39 is 0 Å². The number of benzene rings is 2. The van der Waals surface area contributed by atoms with E-state index in [9.17, 15) is 4.39 Å². The predicted molar refractivity (Wildman–Crippen MR) is 84.6 cm³/mol. The Hall–Kier alpha value is -1.23. The molecule has 2 N–H and O–H groups in total. The molecular weight excluding hydrogens is 333 g/mol. The van der Waals surface area contributed by atoms with Crippen molar-refractivity contribution in [2.45, 2.75) is 25.0 Å². The summed E-state index contributed by atoms with van der Waals surface area (Å²) in [5.41, 5.74) is 9.33. The van der Waals surface area contributed by atoms with E-state index in [0.717, 1.165) is 16.5 Å². The van der Waals surface area contributed by atoms with E-state index in [1.807, 2.05) is 12.1 Å². The van der Waals surface area contributed by atoms with Gasteiger partial charge in [-0.25, -0.2) is 4.39 Å². The Balaban J connectivity index is 1.83. The lowest BCUT2D eigenvalue weighted by Crippen LogP contribution is -2.35. The van der Waals surface area contributed by atoms with Gasteiger partial charge in [0.15, 0.2) is 0 Å². The van der Waals surface area contributed by atoms with E-state index in [1.54, 1.807) is 12.1 Å². The lowest BCUT2D eigenvalue weighted by Gasteiger charge is -2.30. The molecule has 0 spiro atoms. The lowest BCUT2D eigenvalue weighted by molar-refractivity contribution is 0.0245. The minimum atomic E-state index is -0.268. The van der Waals surface area contributed by atoms with Crippen molar-refractivity contribution in [2.24, 2.45) is 5.73 Å². The van der Waals surface area contributed by atoms with E-state index in [1.165, 1.54) is 11.6 Å². The van der Waals surface area contributed by atoms with Gasteiger partial charge < -0.3 is 10.5 Å². The van der Waals surface area contributed by atoms with E-state index >= 15 is 0 Å². The standard InChI is InChI=1S/C17H17BrFNO/c18-13-5-6-15(19)12(9-13)10-16(20)17-14-4-2-1-3-11(14)7-8-21-17/h1-6,9,16-17H,7-8,10,20H2. The summed E-state index contributed by atoms with van der Waals surface area (Å²) in [5.74, 6) is -0.224. The third kappa shape index (κ3) is 3.18. The normalized spacial score (nSPS) is 19.1. The van der Waals surface area contributed by atoms with Crippen LogP contribution in [0.2, 0.25) is 0 Å². The first-order valence-corrected chi connectivity index (χ1v) is 7.83. The van der Waals surface area contributed by atoms with Crippen LogP contribution in [0.4, 0.5) is 4.39 Å². The van der Waals surface area contributed by atoms with Crippen LogP contribution in [0.1, 0.15) is 22.8 Å². The second-order valence-corrected chi connectivity index (χ2v) is 6.26. The van der Waals surface area contributed by atoms with Gasteiger partial charge in [-0.05, 0) is 47.7 Å². The smallest absolute Gasteiger partial charge is 0.126 e. The van der Waals surface area contributed by atoms with Crippen LogP contribution >= 0.6 is 15.9 Å². The summed E-state index contributed by atoms with van der Waals surface area (Å²) in [7, 11) is 0. The number of halogens is 2. The van der Waals surface area contributed by atoms with Gasteiger partial charge in [-0.1, -0.05) is 40.2 Å². The zero-order valence-electron chi connectivity index (χ0n) is 11.6. The van der Waals surface area contributed by atoms with Gasteiger partial charge >= 0.3 is 0 Å². The molecule has 1 aliphatic heterocycles. The summed E-state index contributed by atoms with van der Waals surface area (Å²) in [4.78, 5) is 0. The molecule has 2 aromatic carbocycles. The van der Waals surface area contributed by atoms with Crippen molar-refractivity contribution in [1.29, 1.82) is 0 Å². The quantitative estimate of drug-likeness (QED) is 0.915. The van der Waals surface area contributed by atoms with Crippen molar-refractivity contribution < 1.29 is 9.13 Å². The van der Waals surface area contributed by atoms with Crippen molar-refractivity contribution >= 4 is 15.9 Å². The fourth-order valence-electron chi connectivity index (χ4n) is 2.84. The first kappa shape index (κ1) is 14.7. The maximum atomic E-state index is 13.9. The molecule has 21 heavy (non-hydrogen) atoms. The second kappa shape index (κ2) is 6.26. The third-order valence-electron chi connectivity index (χ3n) is 3.88. The summed E-state index contributed by atoms with van der Waals surface area (Å²) < 4.78 is 20.6. The zero-order valence-corrected chi connectivity index (χ0v) is 13.1. The van der Waals surface area contributed by atoms with Gasteiger partial charge in [-0.15, -0.1) is 0 Å². The molecule has 0 saturated carbocycles. The molecule has 0 radical (unpaired) electrons. The van der Waals surface area contributed by atoms with Crippen molar-refractivity contribution in [3.63, 3.8) is 0 Å². The van der Waals surface area contributed by atoms with Crippen LogP contribution in [-0.4, -0.2) is 12.6 Å². The molecule has 110 valence electrons. The highest BCUT2D eigenvalue weighted by Crippen LogP contribution is 2.30. The minimum Gasteiger partial charge on any atom is -0.372 e. The number of hydrogen-bond acceptors (Lipinski definition) is 2. The number of fused-ring (bicyclic) bond motifs is 1. The minimum absolute atomic E-state index is 0.173. The second-order valence-electron chi connectivity index (χ2n) is 5.34. The molecule has 0 saturated heterocycles. The fourth-order valence-corrected chi connectivity index (χ4v) is 3.25. The van der Waals surface area contributed by atoms with Crippen LogP contribution < -0.4 is 5.73 Å². The Labute approximate surface area is 132 Å². The average molecular weight is 350 g/mol. The van der Waals surface area contributed by atoms with Crippen LogP contribution in [0, 0.1) is 5.82 Å². The van der Waals surface area contributed by atoms with E-state index in [2.05, 4.69) is 28.1 Å². The molecule has 1 aliphatic rings. The molecule has 2 unspecified atom stereocenters. The van der Waals surface area contributed by atoms with Crippen LogP contribution in [0.5, 0.6) is 0 Å². The van der Waals surface area contributed by atoms with Crippen LogP contribution in [-0.2, 0) is 17.6 Å². The van der Waals surface area contributed by atoms with Crippen LogP contribution in [0.3, 0.4) is 0 Å². The predicted octanol–water partition coefficient (Wildman–Crippen LogP) is 3.77. The Morgan fingerprint density at radius 2 is 2.10 bits per heavy atom. The first-order chi connectivity index (χ1) is 10.1. The Morgan fingerprint density at radius 3 is 2.95 bits per heavy atom. The molecule has 2 atom stereocenters. The number of ether oxygens (including phenoxy) is 1. The summed E-state index contributed by atoms with van der Waals surface area (Å²) >= 11 is 3.37. The van der Waals surface area contributed by atoms with Crippen molar-refractivity contribution in [3.05, 3.63) is 69.4 Å². The number of rotatable bonds is 3. The number of hydrogen-bond donors (Lipinski definition) is 1. The molecule has 0 bridgehead atoms. The van der Waals surface area contributed by atoms with Crippen molar-refractivity contribution in [2.75, 3.05) is 6.61 Å². The van der Waals surface area contributed by atoms with E-state index in [-0.39, 0.29) is 18.0 Å². The SMILES string of the molecule is NC(Cc1cc(Br)ccc1F)C1OCCc2ccccc21. The van der Waals surface area contributed by atoms with Gasteiger partial charge in [0, 0.05) is 10.5 Å². The molecule has 2 aromatic rings. The lowest BCUT2D eigenvalue weighted by atomic mass is 9.90. The Morgan fingerprint density at radius 1 is 1.29 bits per heavy atom. The van der Waals surface area contributed by atoms with Crippen molar-refractivity contribution in [1.82, 2.24) is 0 Å². The van der Waals surface area contributed by atoms with Gasteiger partial charge in [0.2, 0.25) is 0 Å². The molecule has 0 fully saturated rings. The average Bonchev–Trinajstić information content (AvgIpc) is 2.50. The largest absolute Gasteiger partial charge is 0.372 e. The van der Waals surface area contributed by atoms with Gasteiger partial charge in [0.1, 0.15) is 5.82 Å². The first-order valence-electron chi connectivity index (χ1n) is 7.04. The monoisotopic (exact) mass is 349 g/mol. The van der Waals surface area contributed by atoms with Gasteiger partial charge in [0.25, 0.3) is 0 Å². The third-order valence-corrected chi connectivity index (χ3v) is 4.38. The molecular formula is C17H17BrFNO. The van der Waals surface area contributed by atoms with Gasteiger partial charge in [-0.3, -0.25) is 0 Å². The van der Waals surface area contributed by atoms with Crippen LogP contribution in [0.25, 0.3) is 0 Å². The Kier molecular flexibility index (Phi) is 4.38. The number of nitrogens with two attached hydrogens (primary N) is 1. The molecule has 4 heteroatoms. The molecule has 3 rings (SSSR count). The fraction of sp³-hybridized carbons (Fsp3) is 0.294. The molecule has 0 aromatic heterocycles. The summed E-state index contributed by atoms with van der Waals surface area (Å²) in [6.45, 7) is 0.663. The highest BCUT2D eigenvalue weighted by molar-refractivity contribution is 9.10. The van der Waals surface area contributed by atoms with Crippen LogP contribution in [0.15, 0.2) is 46.9 Å².